The van der Waals surface area contributed by atoms with E-state index in [1.54, 1.807) is 18.3 Å². The number of alkyl halides is 3. The van der Waals surface area contributed by atoms with Crippen LogP contribution < -0.4 is 16.0 Å². The molecule has 1 aromatic heterocycles. The van der Waals surface area contributed by atoms with E-state index >= 15 is 0 Å². The first kappa shape index (κ1) is 24.5. The lowest BCUT2D eigenvalue weighted by molar-refractivity contribution is -0.137. The number of aliphatic hydroxyl groups is 1. The van der Waals surface area contributed by atoms with Gasteiger partial charge in [0.1, 0.15) is 6.10 Å². The lowest BCUT2D eigenvalue weighted by Crippen LogP contribution is -2.52. The van der Waals surface area contributed by atoms with Crippen LogP contribution in [0, 0.1) is 0 Å². The Morgan fingerprint density at radius 3 is 2.52 bits per heavy atom. The van der Waals surface area contributed by atoms with Gasteiger partial charge in [-0.2, -0.15) is 13.2 Å². The Bertz CT molecular complexity index is 925. The predicted molar refractivity (Wildman–Crippen MR) is 113 cm³/mol. The minimum absolute atomic E-state index is 0.105. The number of carbonyl (C=O) groups is 2. The number of benzene rings is 1. The van der Waals surface area contributed by atoms with Crippen LogP contribution in [0.3, 0.4) is 0 Å². The van der Waals surface area contributed by atoms with Crippen molar-refractivity contribution in [3.8, 4) is 0 Å². The van der Waals surface area contributed by atoms with Gasteiger partial charge in [0, 0.05) is 11.9 Å². The quantitative estimate of drug-likeness (QED) is 0.501. The Labute approximate surface area is 188 Å². The molecule has 2 heterocycles. The molecule has 0 saturated carbocycles. The van der Waals surface area contributed by atoms with Crippen molar-refractivity contribution < 1.29 is 32.6 Å². The van der Waals surface area contributed by atoms with Crippen LogP contribution in [0.2, 0.25) is 0 Å². The number of nitrogens with one attached hydrogen (secondary N) is 3. The number of amides is 3. The van der Waals surface area contributed by atoms with Crippen molar-refractivity contribution in [2.75, 3.05) is 11.9 Å². The number of urea groups is 1. The molecule has 3 amide bonds. The molecule has 1 aliphatic heterocycles. The van der Waals surface area contributed by atoms with E-state index < -0.39 is 36.0 Å². The molecule has 11 heteroatoms. The van der Waals surface area contributed by atoms with Crippen LogP contribution in [-0.2, 0) is 22.3 Å². The molecule has 0 aliphatic carbocycles. The molecular formula is C22H25F3N4O4. The van der Waals surface area contributed by atoms with E-state index in [1.165, 1.54) is 0 Å². The number of halogens is 3. The molecular weight excluding hydrogens is 441 g/mol. The molecule has 4 N–H and O–H groups in total. The number of rotatable bonds is 7. The third-order valence-corrected chi connectivity index (χ3v) is 5.19. The first-order chi connectivity index (χ1) is 15.7. The Morgan fingerprint density at radius 1 is 1.12 bits per heavy atom. The fraction of sp³-hybridized carbons (Fsp3) is 0.409. The van der Waals surface area contributed by atoms with Gasteiger partial charge in [0.05, 0.1) is 43.0 Å². The van der Waals surface area contributed by atoms with E-state index in [-0.39, 0.29) is 24.6 Å². The SMILES string of the molecule is O=C(C[C@@H]1CC[C@H](NC(=O)Nc2ccc(C(F)(F)F)cc2)[C@@H](CO)O1)NCc1ccccn1. The number of carbonyl (C=O) groups excluding carboxylic acids is 2. The summed E-state index contributed by atoms with van der Waals surface area (Å²) in [4.78, 5) is 28.6. The molecule has 1 saturated heterocycles. The number of aliphatic hydroxyl groups excluding tert-OH is 1. The number of ether oxygens (including phenoxy) is 1. The molecule has 0 radical (unpaired) electrons. The van der Waals surface area contributed by atoms with Gasteiger partial charge < -0.3 is 25.8 Å². The minimum atomic E-state index is -4.46. The minimum Gasteiger partial charge on any atom is -0.394 e. The third kappa shape index (κ3) is 7.43. The topological polar surface area (TPSA) is 113 Å². The van der Waals surface area contributed by atoms with Crippen molar-refractivity contribution in [2.45, 2.75) is 50.2 Å². The summed E-state index contributed by atoms with van der Waals surface area (Å²) in [6.45, 7) is -0.0681. The summed E-state index contributed by atoms with van der Waals surface area (Å²) < 4.78 is 43.7. The van der Waals surface area contributed by atoms with Crippen molar-refractivity contribution in [3.63, 3.8) is 0 Å². The molecule has 0 bridgehead atoms. The summed E-state index contributed by atoms with van der Waals surface area (Å²) in [5.41, 5.74) is 0.108. The van der Waals surface area contributed by atoms with Crippen molar-refractivity contribution in [1.29, 1.82) is 0 Å². The van der Waals surface area contributed by atoms with Gasteiger partial charge in [-0.15, -0.1) is 0 Å². The average Bonchev–Trinajstić information content (AvgIpc) is 2.79. The maximum atomic E-state index is 12.6. The summed E-state index contributed by atoms with van der Waals surface area (Å²) >= 11 is 0. The highest BCUT2D eigenvalue weighted by molar-refractivity contribution is 5.89. The molecule has 0 unspecified atom stereocenters. The monoisotopic (exact) mass is 466 g/mol. The van der Waals surface area contributed by atoms with E-state index in [0.29, 0.717) is 19.4 Å². The van der Waals surface area contributed by atoms with Gasteiger partial charge >= 0.3 is 12.2 Å². The van der Waals surface area contributed by atoms with Crippen LogP contribution in [0.1, 0.15) is 30.5 Å². The third-order valence-electron chi connectivity index (χ3n) is 5.19. The number of nitrogens with zero attached hydrogens (tertiary/aromatic N) is 1. The molecule has 33 heavy (non-hydrogen) atoms. The summed E-state index contributed by atoms with van der Waals surface area (Å²) in [6.07, 6.45) is -2.90. The van der Waals surface area contributed by atoms with Crippen LogP contribution in [0.5, 0.6) is 0 Å². The van der Waals surface area contributed by atoms with Gasteiger partial charge in [0.25, 0.3) is 0 Å². The maximum absolute atomic E-state index is 12.6. The van der Waals surface area contributed by atoms with Crippen LogP contribution in [0.4, 0.5) is 23.7 Å². The van der Waals surface area contributed by atoms with Crippen LogP contribution in [-0.4, -0.2) is 46.9 Å². The molecule has 8 nitrogen and oxygen atoms in total. The van der Waals surface area contributed by atoms with Crippen molar-refractivity contribution in [1.82, 2.24) is 15.6 Å². The van der Waals surface area contributed by atoms with E-state index in [1.807, 2.05) is 6.07 Å². The zero-order chi connectivity index (χ0) is 23.8. The Balaban J connectivity index is 1.45. The number of aromatic nitrogens is 1. The number of anilines is 1. The molecule has 1 aromatic carbocycles. The second-order valence-electron chi connectivity index (χ2n) is 7.64. The Kier molecular flexibility index (Phi) is 8.23. The van der Waals surface area contributed by atoms with E-state index in [2.05, 4.69) is 20.9 Å². The Morgan fingerprint density at radius 2 is 1.88 bits per heavy atom. The normalized spacial score (nSPS) is 20.7. The Hall–Kier alpha value is -3.18. The zero-order valence-corrected chi connectivity index (χ0v) is 17.6. The standard InChI is InChI=1S/C22H25F3N4O4/c23-22(24,25)14-4-6-15(7-5-14)28-21(32)29-18-9-8-17(33-19(18)13-30)11-20(31)27-12-16-3-1-2-10-26-16/h1-7,10,17-19,30H,8-9,11-13H2,(H,27,31)(H2,28,29,32)/t17-,18-,19+/m0/s1. The van der Waals surface area contributed by atoms with E-state index in [4.69, 9.17) is 4.74 Å². The average molecular weight is 466 g/mol. The maximum Gasteiger partial charge on any atom is 0.416 e. The fourth-order valence-corrected chi connectivity index (χ4v) is 3.50. The van der Waals surface area contributed by atoms with E-state index in [9.17, 15) is 27.9 Å². The number of hydrogen-bond donors (Lipinski definition) is 4. The smallest absolute Gasteiger partial charge is 0.394 e. The number of pyridine rings is 1. The van der Waals surface area contributed by atoms with Gasteiger partial charge in [0.2, 0.25) is 5.91 Å². The number of hydrogen-bond acceptors (Lipinski definition) is 5. The van der Waals surface area contributed by atoms with Crippen molar-refractivity contribution >= 4 is 17.6 Å². The molecule has 178 valence electrons. The van der Waals surface area contributed by atoms with Crippen LogP contribution in [0.15, 0.2) is 48.7 Å². The highest BCUT2D eigenvalue weighted by atomic mass is 19.4. The van der Waals surface area contributed by atoms with Crippen LogP contribution >= 0.6 is 0 Å². The fourth-order valence-electron chi connectivity index (χ4n) is 3.50. The largest absolute Gasteiger partial charge is 0.416 e. The first-order valence-electron chi connectivity index (χ1n) is 10.4. The molecule has 0 spiro atoms. The summed E-state index contributed by atoms with van der Waals surface area (Å²) in [5.74, 6) is -0.214. The van der Waals surface area contributed by atoms with Gasteiger partial charge in [-0.25, -0.2) is 4.79 Å². The predicted octanol–water partition coefficient (Wildman–Crippen LogP) is 2.84. The highest BCUT2D eigenvalue weighted by Crippen LogP contribution is 2.30. The molecule has 3 atom stereocenters. The second kappa shape index (κ2) is 11.1. The first-order valence-corrected chi connectivity index (χ1v) is 10.4. The van der Waals surface area contributed by atoms with E-state index in [0.717, 1.165) is 30.0 Å². The summed E-state index contributed by atoms with van der Waals surface area (Å²) in [5, 5.41) is 17.6. The van der Waals surface area contributed by atoms with Gasteiger partial charge in [-0.1, -0.05) is 6.07 Å². The lowest BCUT2D eigenvalue weighted by atomic mass is 9.97. The van der Waals surface area contributed by atoms with Crippen LogP contribution in [0.25, 0.3) is 0 Å². The molecule has 1 aliphatic rings. The summed E-state index contributed by atoms with van der Waals surface area (Å²) in [7, 11) is 0. The highest BCUT2D eigenvalue weighted by Gasteiger charge is 2.33. The van der Waals surface area contributed by atoms with Gasteiger partial charge in [0.15, 0.2) is 0 Å². The van der Waals surface area contributed by atoms with Crippen molar-refractivity contribution in [3.05, 3.63) is 59.9 Å². The molecule has 2 aromatic rings. The van der Waals surface area contributed by atoms with Gasteiger partial charge in [-0.05, 0) is 49.2 Å². The molecule has 3 rings (SSSR count). The summed E-state index contributed by atoms with van der Waals surface area (Å²) in [6, 6.07) is 8.32. The zero-order valence-electron chi connectivity index (χ0n) is 17.6. The second-order valence-corrected chi connectivity index (χ2v) is 7.64. The van der Waals surface area contributed by atoms with Gasteiger partial charge in [-0.3, -0.25) is 9.78 Å². The van der Waals surface area contributed by atoms with Crippen molar-refractivity contribution in [2.24, 2.45) is 0 Å². The molecule has 1 fully saturated rings. The lowest BCUT2D eigenvalue weighted by Gasteiger charge is -2.35.